The lowest BCUT2D eigenvalue weighted by molar-refractivity contribution is 0.0939. The molecule has 21 heavy (non-hydrogen) atoms. The van der Waals surface area contributed by atoms with Gasteiger partial charge >= 0.3 is 0 Å². The van der Waals surface area contributed by atoms with Gasteiger partial charge in [0.05, 0.1) is 6.61 Å². The van der Waals surface area contributed by atoms with Crippen LogP contribution >= 0.6 is 0 Å². The van der Waals surface area contributed by atoms with Crippen LogP contribution < -0.4 is 10.1 Å². The molecule has 3 heteroatoms. The number of hydrogen-bond acceptors (Lipinski definition) is 2. The first-order valence-corrected chi connectivity index (χ1v) is 7.26. The highest BCUT2D eigenvalue weighted by Crippen LogP contribution is 2.13. The Balaban J connectivity index is 1.96. The van der Waals surface area contributed by atoms with Gasteiger partial charge in [-0.15, -0.1) is 0 Å². The maximum Gasteiger partial charge on any atom is 0.251 e. The van der Waals surface area contributed by atoms with Crippen molar-refractivity contribution in [2.45, 2.75) is 26.3 Å². The second-order valence-electron chi connectivity index (χ2n) is 5.03. The van der Waals surface area contributed by atoms with Crippen LogP contribution in [-0.4, -0.2) is 18.6 Å². The predicted octanol–water partition coefficient (Wildman–Crippen LogP) is 3.45. The molecular weight excluding hydrogens is 262 g/mol. The van der Waals surface area contributed by atoms with E-state index in [2.05, 4.69) is 17.4 Å². The van der Waals surface area contributed by atoms with E-state index in [1.165, 1.54) is 5.56 Å². The third-order valence-electron chi connectivity index (χ3n) is 3.17. The molecule has 0 aliphatic rings. The van der Waals surface area contributed by atoms with E-state index in [0.717, 1.165) is 12.2 Å². The van der Waals surface area contributed by atoms with E-state index in [1.807, 2.05) is 44.2 Å². The van der Waals surface area contributed by atoms with Crippen molar-refractivity contribution >= 4 is 5.91 Å². The molecular formula is C18H21NO2. The molecule has 110 valence electrons. The Morgan fingerprint density at radius 1 is 1.14 bits per heavy atom. The normalized spacial score (nSPS) is 11.7. The summed E-state index contributed by atoms with van der Waals surface area (Å²) in [6.07, 6.45) is 0.817. The molecule has 0 spiro atoms. The zero-order chi connectivity index (χ0) is 15.1. The lowest BCUT2D eigenvalue weighted by Crippen LogP contribution is -2.34. The van der Waals surface area contributed by atoms with Gasteiger partial charge in [0.2, 0.25) is 0 Å². The van der Waals surface area contributed by atoms with Crippen LogP contribution in [0.2, 0.25) is 0 Å². The van der Waals surface area contributed by atoms with Crippen molar-refractivity contribution in [1.82, 2.24) is 5.32 Å². The van der Waals surface area contributed by atoms with Crippen LogP contribution in [0.15, 0.2) is 54.6 Å². The Labute approximate surface area is 126 Å². The molecule has 0 aliphatic heterocycles. The molecule has 0 aliphatic carbocycles. The molecule has 0 unspecified atom stereocenters. The fourth-order valence-electron chi connectivity index (χ4n) is 2.22. The smallest absolute Gasteiger partial charge is 0.251 e. The van der Waals surface area contributed by atoms with Crippen molar-refractivity contribution < 1.29 is 9.53 Å². The number of nitrogens with one attached hydrogen (secondary N) is 1. The van der Waals surface area contributed by atoms with Gasteiger partial charge in [0.25, 0.3) is 5.91 Å². The Kier molecular flexibility index (Phi) is 5.38. The molecule has 2 rings (SSSR count). The molecule has 0 heterocycles. The summed E-state index contributed by atoms with van der Waals surface area (Å²) >= 11 is 0. The molecule has 0 bridgehead atoms. The van der Waals surface area contributed by atoms with E-state index in [1.54, 1.807) is 12.1 Å². The molecule has 2 aromatic carbocycles. The fraction of sp³-hybridized carbons (Fsp3) is 0.278. The standard InChI is InChI=1S/C18H21NO2/c1-3-21-17-11-7-10-16(13-17)18(20)19-14(2)12-15-8-5-4-6-9-15/h4-11,13-14H,3,12H2,1-2H3,(H,19,20)/t14-/m1/s1. The van der Waals surface area contributed by atoms with Crippen LogP contribution in [0.25, 0.3) is 0 Å². The summed E-state index contributed by atoms with van der Waals surface area (Å²) in [5, 5.41) is 3.02. The summed E-state index contributed by atoms with van der Waals surface area (Å²) in [5.74, 6) is 0.654. The second-order valence-corrected chi connectivity index (χ2v) is 5.03. The number of ether oxygens (including phenoxy) is 1. The highest BCUT2D eigenvalue weighted by atomic mass is 16.5. The van der Waals surface area contributed by atoms with E-state index < -0.39 is 0 Å². The fourth-order valence-corrected chi connectivity index (χ4v) is 2.22. The lowest BCUT2D eigenvalue weighted by Gasteiger charge is -2.14. The highest BCUT2D eigenvalue weighted by molar-refractivity contribution is 5.94. The summed E-state index contributed by atoms with van der Waals surface area (Å²) in [6, 6.07) is 17.5. The quantitative estimate of drug-likeness (QED) is 0.882. The van der Waals surface area contributed by atoms with Gasteiger partial charge in [-0.05, 0) is 44.0 Å². The van der Waals surface area contributed by atoms with E-state index in [9.17, 15) is 4.79 Å². The Hall–Kier alpha value is -2.29. The number of carbonyl (C=O) groups is 1. The molecule has 0 saturated carbocycles. The Morgan fingerprint density at radius 3 is 2.62 bits per heavy atom. The third-order valence-corrected chi connectivity index (χ3v) is 3.17. The third kappa shape index (κ3) is 4.63. The Bertz CT molecular complexity index is 581. The maximum atomic E-state index is 12.2. The number of carbonyl (C=O) groups excluding carboxylic acids is 1. The van der Waals surface area contributed by atoms with Gasteiger partial charge in [-0.3, -0.25) is 4.79 Å². The first kappa shape index (κ1) is 15.1. The van der Waals surface area contributed by atoms with Crippen molar-refractivity contribution in [2.24, 2.45) is 0 Å². The zero-order valence-corrected chi connectivity index (χ0v) is 12.5. The van der Waals surface area contributed by atoms with Crippen LogP contribution in [0.5, 0.6) is 5.75 Å². The van der Waals surface area contributed by atoms with E-state index in [0.29, 0.717) is 12.2 Å². The van der Waals surface area contributed by atoms with E-state index >= 15 is 0 Å². The summed E-state index contributed by atoms with van der Waals surface area (Å²) in [7, 11) is 0. The molecule has 1 N–H and O–H groups in total. The summed E-state index contributed by atoms with van der Waals surface area (Å²) in [4.78, 5) is 12.2. The van der Waals surface area contributed by atoms with Crippen LogP contribution in [0.4, 0.5) is 0 Å². The molecule has 0 fully saturated rings. The summed E-state index contributed by atoms with van der Waals surface area (Å²) < 4.78 is 5.42. The minimum atomic E-state index is -0.0695. The number of rotatable bonds is 6. The predicted molar refractivity (Wildman–Crippen MR) is 84.7 cm³/mol. The maximum absolute atomic E-state index is 12.2. The average molecular weight is 283 g/mol. The highest BCUT2D eigenvalue weighted by Gasteiger charge is 2.11. The molecule has 3 nitrogen and oxygen atoms in total. The van der Waals surface area contributed by atoms with Crippen molar-refractivity contribution in [1.29, 1.82) is 0 Å². The molecule has 2 aromatic rings. The van der Waals surface area contributed by atoms with Crippen LogP contribution in [0.1, 0.15) is 29.8 Å². The van der Waals surface area contributed by atoms with Crippen LogP contribution in [0.3, 0.4) is 0 Å². The number of benzene rings is 2. The van der Waals surface area contributed by atoms with Crippen molar-refractivity contribution in [3.8, 4) is 5.75 Å². The van der Waals surface area contributed by atoms with Gasteiger partial charge in [0.15, 0.2) is 0 Å². The van der Waals surface area contributed by atoms with E-state index in [-0.39, 0.29) is 11.9 Å². The molecule has 0 radical (unpaired) electrons. The minimum Gasteiger partial charge on any atom is -0.494 e. The number of amides is 1. The minimum absolute atomic E-state index is 0.0695. The zero-order valence-electron chi connectivity index (χ0n) is 12.5. The molecule has 0 aromatic heterocycles. The van der Waals surface area contributed by atoms with E-state index in [4.69, 9.17) is 4.74 Å². The first-order chi connectivity index (χ1) is 10.2. The van der Waals surface area contributed by atoms with Gasteiger partial charge in [0, 0.05) is 11.6 Å². The SMILES string of the molecule is CCOc1cccc(C(=O)N[C@H](C)Cc2ccccc2)c1. The van der Waals surface area contributed by atoms with Crippen molar-refractivity contribution in [3.05, 3.63) is 65.7 Å². The molecule has 1 atom stereocenters. The summed E-state index contributed by atoms with van der Waals surface area (Å²) in [5.41, 5.74) is 1.84. The lowest BCUT2D eigenvalue weighted by atomic mass is 10.1. The van der Waals surface area contributed by atoms with Crippen LogP contribution in [-0.2, 0) is 6.42 Å². The van der Waals surface area contributed by atoms with Gasteiger partial charge in [-0.1, -0.05) is 36.4 Å². The number of hydrogen-bond donors (Lipinski definition) is 1. The van der Waals surface area contributed by atoms with Crippen molar-refractivity contribution in [3.63, 3.8) is 0 Å². The summed E-state index contributed by atoms with van der Waals surface area (Å²) in [6.45, 7) is 4.53. The first-order valence-electron chi connectivity index (χ1n) is 7.26. The van der Waals surface area contributed by atoms with Gasteiger partial charge < -0.3 is 10.1 Å². The van der Waals surface area contributed by atoms with Gasteiger partial charge in [-0.2, -0.15) is 0 Å². The Morgan fingerprint density at radius 2 is 1.90 bits per heavy atom. The molecule has 0 saturated heterocycles. The largest absolute Gasteiger partial charge is 0.494 e. The monoisotopic (exact) mass is 283 g/mol. The second kappa shape index (κ2) is 7.48. The van der Waals surface area contributed by atoms with Crippen LogP contribution in [0, 0.1) is 0 Å². The average Bonchev–Trinajstić information content (AvgIpc) is 2.48. The van der Waals surface area contributed by atoms with Crippen molar-refractivity contribution in [2.75, 3.05) is 6.61 Å². The topological polar surface area (TPSA) is 38.3 Å². The van der Waals surface area contributed by atoms with Gasteiger partial charge in [0.1, 0.15) is 5.75 Å². The molecule has 1 amide bonds. The van der Waals surface area contributed by atoms with Gasteiger partial charge in [-0.25, -0.2) is 0 Å².